The van der Waals surface area contributed by atoms with Gasteiger partial charge in [0.25, 0.3) is 0 Å². The Morgan fingerprint density at radius 2 is 1.34 bits per heavy atom. The van der Waals surface area contributed by atoms with Crippen LogP contribution in [0.5, 0.6) is 0 Å². The van der Waals surface area contributed by atoms with Gasteiger partial charge in [-0.2, -0.15) is 0 Å². The van der Waals surface area contributed by atoms with Gasteiger partial charge in [0, 0.05) is 26.4 Å². The molecule has 0 saturated heterocycles. The fourth-order valence-electron chi connectivity index (χ4n) is 4.87. The molecule has 4 aromatic carbocycles. The van der Waals surface area contributed by atoms with Crippen molar-refractivity contribution in [2.45, 2.75) is 19.3 Å². The van der Waals surface area contributed by atoms with Gasteiger partial charge >= 0.3 is 0 Å². The van der Waals surface area contributed by atoms with Crippen molar-refractivity contribution >= 4 is 26.8 Å². The van der Waals surface area contributed by atoms with Crippen LogP contribution in [0, 0.1) is 0 Å². The van der Waals surface area contributed by atoms with Crippen LogP contribution in [0.2, 0.25) is 0 Å². The summed E-state index contributed by atoms with van der Waals surface area (Å²) in [6.45, 7) is 4.59. The Bertz CT molecular complexity index is 1500. The second kappa shape index (κ2) is 7.11. The number of nitrogens with zero attached hydrogens (tertiary/aromatic N) is 2. The molecule has 0 spiro atoms. The molecule has 154 valence electrons. The molecule has 2 nitrogen and oxygen atoms in total. The Hall–Kier alpha value is -3.30. The lowest BCUT2D eigenvalue weighted by Crippen LogP contribution is -2.15. The second-order valence-electron chi connectivity index (χ2n) is 8.85. The summed E-state index contributed by atoms with van der Waals surface area (Å²) in [5.74, 6) is 0.762. The highest BCUT2D eigenvalue weighted by Gasteiger charge is 2.35. The molecule has 1 heterocycles. The van der Waals surface area contributed by atoms with Crippen LogP contribution in [0.3, 0.4) is 0 Å². The summed E-state index contributed by atoms with van der Waals surface area (Å²) in [5, 5.41) is 1.07. The van der Waals surface area contributed by atoms with Crippen LogP contribution in [0.1, 0.15) is 25.0 Å². The highest BCUT2D eigenvalue weighted by molar-refractivity contribution is 9.10. The number of hydrogen-bond donors (Lipinski definition) is 0. The third-order valence-electron chi connectivity index (χ3n) is 6.55. The van der Waals surface area contributed by atoms with Gasteiger partial charge in [0.05, 0.1) is 11.2 Å². The third kappa shape index (κ3) is 2.92. The lowest BCUT2D eigenvalue weighted by molar-refractivity contribution is 0.660. The summed E-state index contributed by atoms with van der Waals surface area (Å²) in [4.78, 5) is 10.0. The van der Waals surface area contributed by atoms with Crippen molar-refractivity contribution in [2.24, 2.45) is 0 Å². The van der Waals surface area contributed by atoms with Crippen LogP contribution in [0.25, 0.3) is 44.7 Å². The molecular weight excluding hydrogens is 456 g/mol. The molecule has 0 amide bonds. The van der Waals surface area contributed by atoms with E-state index in [-0.39, 0.29) is 5.41 Å². The highest BCUT2D eigenvalue weighted by atomic mass is 79.9. The number of aromatic nitrogens is 2. The summed E-state index contributed by atoms with van der Waals surface area (Å²) in [5.41, 5.74) is 9.28. The normalized spacial score (nSPS) is 13.7. The van der Waals surface area contributed by atoms with Crippen molar-refractivity contribution < 1.29 is 0 Å². The highest BCUT2D eigenvalue weighted by Crippen LogP contribution is 2.50. The first-order valence-electron chi connectivity index (χ1n) is 10.8. The van der Waals surface area contributed by atoms with E-state index >= 15 is 0 Å². The van der Waals surface area contributed by atoms with Crippen LogP contribution in [0.15, 0.2) is 95.5 Å². The lowest BCUT2D eigenvalue weighted by Gasteiger charge is -2.22. The quantitative estimate of drug-likeness (QED) is 0.257. The van der Waals surface area contributed by atoms with E-state index in [0.717, 1.165) is 38.0 Å². The summed E-state index contributed by atoms with van der Waals surface area (Å²) >= 11 is 3.65. The van der Waals surface area contributed by atoms with Crippen molar-refractivity contribution in [3.8, 4) is 33.8 Å². The SMILES string of the molecule is CC1(C)c2cc(Br)ccc2-c2ccc(-c3nc(-c4ccccc4)c4ccccc4n3)cc21. The van der Waals surface area contributed by atoms with Crippen molar-refractivity contribution in [3.05, 3.63) is 107 Å². The summed E-state index contributed by atoms with van der Waals surface area (Å²) in [6.07, 6.45) is 0. The van der Waals surface area contributed by atoms with Crippen molar-refractivity contribution in [1.82, 2.24) is 9.97 Å². The first-order chi connectivity index (χ1) is 15.5. The molecule has 1 aliphatic rings. The van der Waals surface area contributed by atoms with E-state index in [4.69, 9.17) is 9.97 Å². The van der Waals surface area contributed by atoms with Crippen LogP contribution in [-0.4, -0.2) is 9.97 Å². The van der Waals surface area contributed by atoms with E-state index in [1.807, 2.05) is 18.2 Å². The maximum atomic E-state index is 5.06. The summed E-state index contributed by atoms with van der Waals surface area (Å²) in [6, 6.07) is 31.9. The zero-order valence-corrected chi connectivity index (χ0v) is 19.5. The molecule has 0 N–H and O–H groups in total. The van der Waals surface area contributed by atoms with Crippen molar-refractivity contribution in [3.63, 3.8) is 0 Å². The number of rotatable bonds is 2. The molecule has 32 heavy (non-hydrogen) atoms. The maximum absolute atomic E-state index is 5.06. The lowest BCUT2D eigenvalue weighted by atomic mass is 9.82. The molecule has 0 atom stereocenters. The molecule has 1 aliphatic carbocycles. The zero-order chi connectivity index (χ0) is 21.9. The van der Waals surface area contributed by atoms with Crippen LogP contribution >= 0.6 is 15.9 Å². The van der Waals surface area contributed by atoms with Gasteiger partial charge in [0.1, 0.15) is 0 Å². The van der Waals surface area contributed by atoms with Gasteiger partial charge < -0.3 is 0 Å². The second-order valence-corrected chi connectivity index (χ2v) is 9.77. The van der Waals surface area contributed by atoms with Crippen molar-refractivity contribution in [1.29, 1.82) is 0 Å². The molecule has 0 unspecified atom stereocenters. The molecule has 0 radical (unpaired) electrons. The Morgan fingerprint density at radius 1 is 0.656 bits per heavy atom. The number of para-hydroxylation sites is 1. The smallest absolute Gasteiger partial charge is 0.160 e. The predicted octanol–water partition coefficient (Wildman–Crippen LogP) is 8.03. The third-order valence-corrected chi connectivity index (χ3v) is 7.04. The largest absolute Gasteiger partial charge is 0.228 e. The van der Waals surface area contributed by atoms with Gasteiger partial charge in [-0.25, -0.2) is 9.97 Å². The minimum atomic E-state index is -0.0798. The Kier molecular flexibility index (Phi) is 4.31. The predicted molar refractivity (Wildman–Crippen MR) is 136 cm³/mol. The van der Waals surface area contributed by atoms with E-state index < -0.39 is 0 Å². The van der Waals surface area contributed by atoms with Gasteiger partial charge in [-0.3, -0.25) is 0 Å². The van der Waals surface area contributed by atoms with Gasteiger partial charge in [0.2, 0.25) is 0 Å². The number of benzene rings is 4. The first-order valence-corrected chi connectivity index (χ1v) is 11.6. The fourth-order valence-corrected chi connectivity index (χ4v) is 5.23. The molecule has 0 fully saturated rings. The molecule has 6 rings (SSSR count). The standard InChI is InChI=1S/C29H21BrN2/c1-29(2)24-16-19(12-14-21(24)22-15-13-20(30)17-25(22)29)28-31-26-11-7-6-10-23(26)27(32-28)18-8-4-3-5-9-18/h3-17H,1-2H3. The molecule has 0 bridgehead atoms. The maximum Gasteiger partial charge on any atom is 0.160 e. The van der Waals surface area contributed by atoms with E-state index in [1.165, 1.54) is 22.3 Å². The molecule has 3 heteroatoms. The van der Waals surface area contributed by atoms with E-state index in [0.29, 0.717) is 0 Å². The van der Waals surface area contributed by atoms with Gasteiger partial charge in [-0.05, 0) is 46.5 Å². The Balaban J connectivity index is 1.56. The Labute approximate surface area is 196 Å². The molecular formula is C29H21BrN2. The average molecular weight is 477 g/mol. The number of halogens is 1. The summed E-state index contributed by atoms with van der Waals surface area (Å²) < 4.78 is 1.11. The topological polar surface area (TPSA) is 25.8 Å². The Morgan fingerprint density at radius 3 is 2.16 bits per heavy atom. The molecule has 5 aromatic rings. The van der Waals surface area contributed by atoms with E-state index in [2.05, 4.69) is 103 Å². The summed E-state index contributed by atoms with van der Waals surface area (Å²) in [7, 11) is 0. The van der Waals surface area contributed by atoms with Gasteiger partial charge in [0.15, 0.2) is 5.82 Å². The molecule has 1 aromatic heterocycles. The number of hydrogen-bond acceptors (Lipinski definition) is 2. The first kappa shape index (κ1) is 19.4. The molecule has 0 aliphatic heterocycles. The zero-order valence-electron chi connectivity index (χ0n) is 17.9. The average Bonchev–Trinajstić information content (AvgIpc) is 3.05. The fraction of sp³-hybridized carbons (Fsp3) is 0.103. The van der Waals surface area contributed by atoms with E-state index in [9.17, 15) is 0 Å². The minimum Gasteiger partial charge on any atom is -0.228 e. The van der Waals surface area contributed by atoms with E-state index in [1.54, 1.807) is 0 Å². The van der Waals surface area contributed by atoms with Crippen molar-refractivity contribution in [2.75, 3.05) is 0 Å². The van der Waals surface area contributed by atoms with Crippen LogP contribution in [0.4, 0.5) is 0 Å². The van der Waals surface area contributed by atoms with Gasteiger partial charge in [-0.15, -0.1) is 0 Å². The van der Waals surface area contributed by atoms with Crippen LogP contribution in [-0.2, 0) is 5.41 Å². The molecule has 0 saturated carbocycles. The van der Waals surface area contributed by atoms with Gasteiger partial charge in [-0.1, -0.05) is 96.5 Å². The monoisotopic (exact) mass is 476 g/mol. The number of fused-ring (bicyclic) bond motifs is 4. The van der Waals surface area contributed by atoms with Crippen LogP contribution < -0.4 is 0 Å². The minimum absolute atomic E-state index is 0.0798.